The van der Waals surface area contributed by atoms with Crippen molar-refractivity contribution in [3.05, 3.63) is 42.7 Å². The van der Waals surface area contributed by atoms with Crippen LogP contribution in [-0.4, -0.2) is 12.1 Å². The normalized spacial score (nSPS) is 10.6. The first kappa shape index (κ1) is 11.4. The fraction of sp³-hybridized carbons (Fsp3) is 0.0714. The third kappa shape index (κ3) is 2.06. The number of fused-ring (bicyclic) bond motifs is 1. The highest BCUT2D eigenvalue weighted by atomic mass is 16.5. The van der Waals surface area contributed by atoms with Crippen LogP contribution in [0, 0.1) is 0 Å². The average molecular weight is 255 g/mol. The van der Waals surface area contributed by atoms with E-state index in [0.717, 1.165) is 22.5 Å². The number of hydrogen-bond donors (Lipinski definition) is 2. The van der Waals surface area contributed by atoms with E-state index >= 15 is 0 Å². The molecule has 0 saturated heterocycles. The van der Waals surface area contributed by atoms with Crippen molar-refractivity contribution in [2.45, 2.75) is 0 Å². The number of nitrogens with one attached hydrogen (secondary N) is 1. The minimum Gasteiger partial charge on any atom is -0.497 e. The van der Waals surface area contributed by atoms with E-state index in [0.29, 0.717) is 11.5 Å². The quantitative estimate of drug-likeness (QED) is 0.752. The standard InChI is InChI=1S/C14H13N3O2/c1-18-10-4-2-3-9(7-10)17-13-11-5-6-16-8-12(11)19-14(13)15/h2-8,17H,15H2,1H3. The molecule has 5 heteroatoms. The molecule has 0 fully saturated rings. The molecule has 0 saturated carbocycles. The Bertz CT molecular complexity index is 722. The molecule has 96 valence electrons. The topological polar surface area (TPSA) is 73.3 Å². The number of benzene rings is 1. The summed E-state index contributed by atoms with van der Waals surface area (Å²) in [6.45, 7) is 0. The Hall–Kier alpha value is -2.69. The molecule has 0 aliphatic rings. The van der Waals surface area contributed by atoms with Gasteiger partial charge in [0, 0.05) is 23.3 Å². The van der Waals surface area contributed by atoms with Gasteiger partial charge in [-0.2, -0.15) is 0 Å². The summed E-state index contributed by atoms with van der Waals surface area (Å²) in [5.74, 6) is 1.11. The second-order valence-electron chi connectivity index (χ2n) is 4.07. The van der Waals surface area contributed by atoms with E-state index in [1.807, 2.05) is 30.3 Å². The van der Waals surface area contributed by atoms with E-state index < -0.39 is 0 Å². The Morgan fingerprint density at radius 3 is 3.05 bits per heavy atom. The summed E-state index contributed by atoms with van der Waals surface area (Å²) in [6.07, 6.45) is 3.34. The fourth-order valence-electron chi connectivity index (χ4n) is 1.94. The number of hydrogen-bond acceptors (Lipinski definition) is 5. The highest BCUT2D eigenvalue weighted by Gasteiger charge is 2.11. The molecular weight excluding hydrogens is 242 g/mol. The van der Waals surface area contributed by atoms with Crippen LogP contribution < -0.4 is 15.8 Å². The molecule has 5 nitrogen and oxygen atoms in total. The molecule has 0 bridgehead atoms. The third-order valence-electron chi connectivity index (χ3n) is 2.86. The van der Waals surface area contributed by atoms with Crippen molar-refractivity contribution < 1.29 is 9.15 Å². The molecule has 3 rings (SSSR count). The zero-order chi connectivity index (χ0) is 13.2. The molecule has 0 aliphatic heterocycles. The lowest BCUT2D eigenvalue weighted by Crippen LogP contribution is -1.94. The third-order valence-corrected chi connectivity index (χ3v) is 2.86. The van der Waals surface area contributed by atoms with Crippen molar-refractivity contribution in [2.75, 3.05) is 18.2 Å². The Kier molecular flexibility index (Phi) is 2.72. The lowest BCUT2D eigenvalue weighted by atomic mass is 10.2. The number of ether oxygens (including phenoxy) is 1. The molecule has 0 unspecified atom stereocenters. The number of nitrogens with two attached hydrogens (primary N) is 1. The number of rotatable bonds is 3. The maximum absolute atomic E-state index is 5.88. The first-order chi connectivity index (χ1) is 9.28. The Morgan fingerprint density at radius 2 is 2.21 bits per heavy atom. The minimum atomic E-state index is 0.339. The van der Waals surface area contributed by atoms with Gasteiger partial charge >= 0.3 is 0 Å². The van der Waals surface area contributed by atoms with E-state index in [-0.39, 0.29) is 0 Å². The second kappa shape index (κ2) is 4.53. The van der Waals surface area contributed by atoms with Crippen LogP contribution in [0.2, 0.25) is 0 Å². The van der Waals surface area contributed by atoms with Crippen LogP contribution in [0.4, 0.5) is 17.3 Å². The van der Waals surface area contributed by atoms with Crippen LogP contribution in [0.5, 0.6) is 5.75 Å². The highest BCUT2D eigenvalue weighted by Crippen LogP contribution is 2.34. The molecule has 19 heavy (non-hydrogen) atoms. The largest absolute Gasteiger partial charge is 0.497 e. The predicted octanol–water partition coefficient (Wildman–Crippen LogP) is 3.16. The molecule has 2 aromatic heterocycles. The number of methoxy groups -OCH3 is 1. The molecular formula is C14H13N3O2. The van der Waals surface area contributed by atoms with E-state index in [4.69, 9.17) is 14.9 Å². The van der Waals surface area contributed by atoms with Crippen molar-refractivity contribution in [2.24, 2.45) is 0 Å². The van der Waals surface area contributed by atoms with Gasteiger partial charge in [-0.1, -0.05) is 6.07 Å². The molecule has 0 radical (unpaired) electrons. The van der Waals surface area contributed by atoms with E-state index in [9.17, 15) is 0 Å². The SMILES string of the molecule is COc1cccc(Nc2c(N)oc3cnccc23)c1. The summed E-state index contributed by atoms with van der Waals surface area (Å²) >= 11 is 0. The Balaban J connectivity index is 2.02. The molecule has 3 aromatic rings. The van der Waals surface area contributed by atoms with Gasteiger partial charge in [0.15, 0.2) is 5.58 Å². The van der Waals surface area contributed by atoms with Crippen molar-refractivity contribution in [1.29, 1.82) is 0 Å². The Labute approximate surface area is 110 Å². The molecule has 0 spiro atoms. The molecule has 0 aliphatic carbocycles. The summed E-state index contributed by atoms with van der Waals surface area (Å²) < 4.78 is 10.6. The molecule has 0 atom stereocenters. The smallest absolute Gasteiger partial charge is 0.215 e. The van der Waals surface area contributed by atoms with Crippen LogP contribution in [0.3, 0.4) is 0 Å². The predicted molar refractivity (Wildman–Crippen MR) is 74.7 cm³/mol. The fourth-order valence-corrected chi connectivity index (χ4v) is 1.94. The van der Waals surface area contributed by atoms with Gasteiger partial charge in [-0.3, -0.25) is 4.98 Å². The van der Waals surface area contributed by atoms with Gasteiger partial charge < -0.3 is 20.2 Å². The molecule has 3 N–H and O–H groups in total. The van der Waals surface area contributed by atoms with Gasteiger partial charge in [-0.15, -0.1) is 0 Å². The number of pyridine rings is 1. The maximum atomic E-state index is 5.88. The van der Waals surface area contributed by atoms with Crippen LogP contribution in [0.25, 0.3) is 11.0 Å². The molecule has 2 heterocycles. The first-order valence-electron chi connectivity index (χ1n) is 5.81. The Morgan fingerprint density at radius 1 is 1.32 bits per heavy atom. The van der Waals surface area contributed by atoms with Crippen LogP contribution in [0.1, 0.15) is 0 Å². The summed E-state index contributed by atoms with van der Waals surface area (Å²) in [7, 11) is 1.63. The zero-order valence-electron chi connectivity index (χ0n) is 10.4. The van der Waals surface area contributed by atoms with Crippen LogP contribution in [-0.2, 0) is 0 Å². The van der Waals surface area contributed by atoms with Crippen molar-refractivity contribution >= 4 is 28.2 Å². The van der Waals surface area contributed by atoms with Gasteiger partial charge in [-0.05, 0) is 18.2 Å². The van der Waals surface area contributed by atoms with E-state index in [2.05, 4.69) is 10.3 Å². The number of nitrogens with zero attached hydrogens (tertiary/aromatic N) is 1. The molecule has 1 aromatic carbocycles. The van der Waals surface area contributed by atoms with Crippen molar-refractivity contribution in [3.63, 3.8) is 0 Å². The summed E-state index contributed by atoms with van der Waals surface area (Å²) in [5, 5.41) is 4.14. The van der Waals surface area contributed by atoms with Gasteiger partial charge in [0.25, 0.3) is 0 Å². The summed E-state index contributed by atoms with van der Waals surface area (Å²) in [5.41, 5.74) is 8.16. The van der Waals surface area contributed by atoms with Crippen molar-refractivity contribution in [3.8, 4) is 5.75 Å². The maximum Gasteiger partial charge on any atom is 0.215 e. The number of furan rings is 1. The number of nitrogen functional groups attached to an aromatic ring is 1. The minimum absolute atomic E-state index is 0.339. The zero-order valence-corrected chi connectivity index (χ0v) is 10.4. The van der Waals surface area contributed by atoms with E-state index in [1.54, 1.807) is 19.5 Å². The van der Waals surface area contributed by atoms with Gasteiger partial charge in [-0.25, -0.2) is 0 Å². The molecule has 0 amide bonds. The average Bonchev–Trinajstić information content (AvgIpc) is 2.76. The summed E-state index contributed by atoms with van der Waals surface area (Å²) in [6, 6.07) is 9.46. The number of aromatic nitrogens is 1. The first-order valence-corrected chi connectivity index (χ1v) is 5.81. The van der Waals surface area contributed by atoms with Crippen LogP contribution in [0.15, 0.2) is 47.1 Å². The van der Waals surface area contributed by atoms with Crippen molar-refractivity contribution in [1.82, 2.24) is 4.98 Å². The number of anilines is 3. The highest BCUT2D eigenvalue weighted by molar-refractivity contribution is 5.97. The van der Waals surface area contributed by atoms with E-state index in [1.165, 1.54) is 0 Å². The van der Waals surface area contributed by atoms with Crippen LogP contribution >= 0.6 is 0 Å². The lowest BCUT2D eigenvalue weighted by molar-refractivity contribution is 0.415. The second-order valence-corrected chi connectivity index (χ2v) is 4.07. The summed E-state index contributed by atoms with van der Waals surface area (Å²) in [4.78, 5) is 4.00. The van der Waals surface area contributed by atoms with Gasteiger partial charge in [0.2, 0.25) is 5.88 Å². The lowest BCUT2D eigenvalue weighted by Gasteiger charge is -2.07. The monoisotopic (exact) mass is 255 g/mol. The van der Waals surface area contributed by atoms with Gasteiger partial charge in [0.05, 0.1) is 13.3 Å². The van der Waals surface area contributed by atoms with Gasteiger partial charge in [0.1, 0.15) is 11.4 Å².